The molecule has 3 heteroatoms. The first kappa shape index (κ1) is 9.89. The van der Waals surface area contributed by atoms with E-state index in [4.69, 9.17) is 10.2 Å². The lowest BCUT2D eigenvalue weighted by Gasteiger charge is -2.03. The second-order valence-corrected chi connectivity index (χ2v) is 2.88. The number of carbonyl (C=O) groups is 1. The van der Waals surface area contributed by atoms with E-state index in [2.05, 4.69) is 0 Å². The van der Waals surface area contributed by atoms with Crippen molar-refractivity contribution in [2.75, 3.05) is 0 Å². The van der Waals surface area contributed by atoms with E-state index >= 15 is 0 Å². The van der Waals surface area contributed by atoms with Gasteiger partial charge >= 0.3 is 0 Å². The number of hydrogen-bond acceptors (Lipinski definition) is 3. The van der Waals surface area contributed by atoms with Crippen LogP contribution in [0.2, 0.25) is 0 Å². The maximum absolute atomic E-state index is 10.3. The number of benzene rings is 1. The van der Waals surface area contributed by atoms with Crippen molar-refractivity contribution in [1.29, 1.82) is 0 Å². The minimum absolute atomic E-state index is 0.320. The molecule has 0 aromatic heterocycles. The van der Waals surface area contributed by atoms with Gasteiger partial charge in [0.2, 0.25) is 0 Å². The molecule has 1 rings (SSSR count). The number of aliphatic hydroxyl groups is 2. The fraction of sp³-hybridized carbons (Fsp3) is 0.300. The molecule has 0 bridgehead atoms. The third kappa shape index (κ3) is 3.36. The van der Waals surface area contributed by atoms with Crippen LogP contribution in [0.4, 0.5) is 0 Å². The molecule has 1 aromatic rings. The lowest BCUT2D eigenvalue weighted by molar-refractivity contribution is -0.0447. The monoisotopic (exact) mass is 180 g/mol. The van der Waals surface area contributed by atoms with Crippen LogP contribution in [0, 0.1) is 0 Å². The Hall–Kier alpha value is -1.19. The number of aliphatic hydroxyl groups excluding tert-OH is 1. The molecule has 1 aromatic carbocycles. The first-order valence-electron chi connectivity index (χ1n) is 4.12. The number of aryl methyl sites for hydroxylation is 1. The molecular formula is C10H12O3. The van der Waals surface area contributed by atoms with Crippen molar-refractivity contribution in [3.63, 3.8) is 0 Å². The number of hydrogen-bond donors (Lipinski definition) is 2. The quantitative estimate of drug-likeness (QED) is 0.530. The summed E-state index contributed by atoms with van der Waals surface area (Å²) in [5.41, 5.74) is 1.63. The molecule has 0 aliphatic heterocycles. The van der Waals surface area contributed by atoms with Gasteiger partial charge in [-0.3, -0.25) is 4.79 Å². The van der Waals surface area contributed by atoms with E-state index in [-0.39, 0.29) is 0 Å². The van der Waals surface area contributed by atoms with E-state index in [1.54, 1.807) is 12.1 Å². The van der Waals surface area contributed by atoms with E-state index in [1.807, 2.05) is 12.1 Å². The van der Waals surface area contributed by atoms with Gasteiger partial charge in [0.25, 0.3) is 0 Å². The number of carbonyl (C=O) groups excluding carboxylic acids is 1. The molecule has 0 heterocycles. The van der Waals surface area contributed by atoms with Crippen molar-refractivity contribution >= 4 is 6.29 Å². The summed E-state index contributed by atoms with van der Waals surface area (Å²) in [7, 11) is 0. The maximum Gasteiger partial charge on any atom is 0.151 e. The van der Waals surface area contributed by atoms with Crippen LogP contribution in [-0.2, 0) is 6.42 Å². The normalized spacial score (nSPS) is 10.4. The highest BCUT2D eigenvalue weighted by molar-refractivity contribution is 5.74. The van der Waals surface area contributed by atoms with Crippen LogP contribution in [0.15, 0.2) is 24.3 Å². The highest BCUT2D eigenvalue weighted by Gasteiger charge is 1.98. The molecule has 0 radical (unpaired) electrons. The van der Waals surface area contributed by atoms with Crippen molar-refractivity contribution in [1.82, 2.24) is 0 Å². The van der Waals surface area contributed by atoms with Crippen LogP contribution in [0.5, 0.6) is 0 Å². The summed E-state index contributed by atoms with van der Waals surface area (Å²) in [4.78, 5) is 10.3. The molecule has 0 fully saturated rings. The second-order valence-electron chi connectivity index (χ2n) is 2.88. The summed E-state index contributed by atoms with van der Waals surface area (Å²) in [6, 6.07) is 7.05. The van der Waals surface area contributed by atoms with Crippen LogP contribution in [-0.4, -0.2) is 22.8 Å². The molecule has 0 aliphatic carbocycles. The van der Waals surface area contributed by atoms with E-state index < -0.39 is 6.29 Å². The lowest BCUT2D eigenvalue weighted by Crippen LogP contribution is -2.05. The van der Waals surface area contributed by atoms with Crippen molar-refractivity contribution < 1.29 is 15.0 Å². The van der Waals surface area contributed by atoms with Gasteiger partial charge in [0.1, 0.15) is 6.29 Å². The maximum atomic E-state index is 10.3. The average molecular weight is 180 g/mol. The zero-order valence-electron chi connectivity index (χ0n) is 7.18. The fourth-order valence-corrected chi connectivity index (χ4v) is 1.06. The number of aldehydes is 1. The molecule has 0 aliphatic rings. The molecule has 70 valence electrons. The molecule has 0 saturated carbocycles. The van der Waals surface area contributed by atoms with Crippen molar-refractivity contribution in [3.05, 3.63) is 35.4 Å². The lowest BCUT2D eigenvalue weighted by atomic mass is 10.1. The Labute approximate surface area is 76.6 Å². The molecule has 0 saturated heterocycles. The first-order chi connectivity index (χ1) is 6.22. The SMILES string of the molecule is O=Cc1ccc(CCC(O)O)cc1. The zero-order chi connectivity index (χ0) is 9.68. The highest BCUT2D eigenvalue weighted by atomic mass is 16.5. The minimum Gasteiger partial charge on any atom is -0.368 e. The summed E-state index contributed by atoms with van der Waals surface area (Å²) in [6.45, 7) is 0. The van der Waals surface area contributed by atoms with E-state index in [0.717, 1.165) is 11.8 Å². The molecule has 0 amide bonds. The predicted octanol–water partition coefficient (Wildman–Crippen LogP) is 0.742. The second kappa shape index (κ2) is 4.74. The van der Waals surface area contributed by atoms with Crippen LogP contribution in [0.3, 0.4) is 0 Å². The van der Waals surface area contributed by atoms with Crippen molar-refractivity contribution in [2.45, 2.75) is 19.1 Å². The summed E-state index contributed by atoms with van der Waals surface area (Å²) >= 11 is 0. The van der Waals surface area contributed by atoms with Crippen LogP contribution in [0.25, 0.3) is 0 Å². The summed E-state index contributed by atoms with van der Waals surface area (Å²) < 4.78 is 0. The van der Waals surface area contributed by atoms with Crippen molar-refractivity contribution in [2.24, 2.45) is 0 Å². The van der Waals surface area contributed by atoms with Crippen LogP contribution in [0.1, 0.15) is 22.3 Å². The van der Waals surface area contributed by atoms with Gasteiger partial charge < -0.3 is 10.2 Å². The summed E-state index contributed by atoms with van der Waals surface area (Å²) in [5, 5.41) is 17.2. The standard InChI is InChI=1S/C10H12O3/c11-7-9-3-1-8(2-4-9)5-6-10(12)13/h1-4,7,10,12-13H,5-6H2. The first-order valence-corrected chi connectivity index (χ1v) is 4.12. The van der Waals surface area contributed by atoms with E-state index in [1.165, 1.54) is 0 Å². The van der Waals surface area contributed by atoms with E-state index in [0.29, 0.717) is 18.4 Å². The Morgan fingerprint density at radius 3 is 2.31 bits per heavy atom. The molecule has 0 spiro atoms. The van der Waals surface area contributed by atoms with Crippen LogP contribution < -0.4 is 0 Å². The summed E-state index contributed by atoms with van der Waals surface area (Å²) in [6.07, 6.45) is 0.452. The molecule has 2 N–H and O–H groups in total. The zero-order valence-corrected chi connectivity index (χ0v) is 7.18. The van der Waals surface area contributed by atoms with Gasteiger partial charge in [0.05, 0.1) is 0 Å². The van der Waals surface area contributed by atoms with Gasteiger partial charge in [-0.15, -0.1) is 0 Å². The van der Waals surface area contributed by atoms with Crippen LogP contribution >= 0.6 is 0 Å². The fourth-order valence-electron chi connectivity index (χ4n) is 1.06. The van der Waals surface area contributed by atoms with Gasteiger partial charge in [-0.05, 0) is 12.0 Å². The summed E-state index contributed by atoms with van der Waals surface area (Å²) in [5.74, 6) is 0. The topological polar surface area (TPSA) is 57.5 Å². The van der Waals surface area contributed by atoms with E-state index in [9.17, 15) is 4.79 Å². The van der Waals surface area contributed by atoms with Gasteiger partial charge in [0, 0.05) is 12.0 Å². The van der Waals surface area contributed by atoms with Gasteiger partial charge in [-0.2, -0.15) is 0 Å². The largest absolute Gasteiger partial charge is 0.368 e. The molecule has 13 heavy (non-hydrogen) atoms. The Balaban J connectivity index is 2.54. The minimum atomic E-state index is -1.26. The Bertz CT molecular complexity index is 264. The van der Waals surface area contributed by atoms with Crippen molar-refractivity contribution in [3.8, 4) is 0 Å². The molecule has 0 atom stereocenters. The average Bonchev–Trinajstić information content (AvgIpc) is 2.15. The molecule has 3 nitrogen and oxygen atoms in total. The highest BCUT2D eigenvalue weighted by Crippen LogP contribution is 2.06. The predicted molar refractivity (Wildman–Crippen MR) is 48.4 cm³/mol. The smallest absolute Gasteiger partial charge is 0.151 e. The Morgan fingerprint density at radius 1 is 1.23 bits per heavy atom. The Morgan fingerprint density at radius 2 is 1.85 bits per heavy atom. The number of rotatable bonds is 4. The van der Waals surface area contributed by atoms with Gasteiger partial charge in [-0.1, -0.05) is 24.3 Å². The van der Waals surface area contributed by atoms with Gasteiger partial charge in [0.15, 0.2) is 6.29 Å². The molecular weight excluding hydrogens is 168 g/mol. The molecule has 0 unspecified atom stereocenters. The Kier molecular flexibility index (Phi) is 3.61. The van der Waals surface area contributed by atoms with Gasteiger partial charge in [-0.25, -0.2) is 0 Å². The third-order valence-corrected chi connectivity index (χ3v) is 1.81. The third-order valence-electron chi connectivity index (χ3n) is 1.81.